The molecule has 0 aromatic carbocycles. The Bertz CT molecular complexity index is 453. The smallest absolute Gasteiger partial charge is 0.222 e. The van der Waals surface area contributed by atoms with Crippen LogP contribution in [0.4, 0.5) is 0 Å². The fraction of sp³-hybridized carbons (Fsp3) is 0.706. The molecule has 0 aliphatic carbocycles. The first-order chi connectivity index (χ1) is 11.1. The molecule has 0 spiro atoms. The van der Waals surface area contributed by atoms with E-state index in [1.807, 2.05) is 22.6 Å². The summed E-state index contributed by atoms with van der Waals surface area (Å²) >= 11 is 0. The lowest BCUT2D eigenvalue weighted by molar-refractivity contribution is -0.131. The first kappa shape index (κ1) is 19.2. The minimum atomic E-state index is 0.00273. The van der Waals surface area contributed by atoms with Crippen molar-refractivity contribution in [3.8, 4) is 0 Å². The summed E-state index contributed by atoms with van der Waals surface area (Å²) in [5, 5.41) is 2.96. The van der Waals surface area contributed by atoms with Gasteiger partial charge in [-0.15, -0.1) is 0 Å². The Morgan fingerprint density at radius 1 is 1.22 bits per heavy atom. The molecule has 130 valence electrons. The maximum atomic E-state index is 12.1. The number of carbonyl (C=O) groups excluding carboxylic acids is 2. The van der Waals surface area contributed by atoms with E-state index in [9.17, 15) is 9.59 Å². The molecular weight excluding hydrogens is 292 g/mol. The van der Waals surface area contributed by atoms with E-state index >= 15 is 0 Å². The van der Waals surface area contributed by atoms with Gasteiger partial charge in [-0.05, 0) is 26.2 Å². The van der Waals surface area contributed by atoms with E-state index in [2.05, 4.69) is 24.1 Å². The van der Waals surface area contributed by atoms with E-state index in [1.165, 1.54) is 0 Å². The number of carbonyl (C=O) groups is 2. The molecule has 0 radical (unpaired) electrons. The molecule has 1 aromatic rings. The van der Waals surface area contributed by atoms with Crippen LogP contribution in [0.15, 0.2) is 18.7 Å². The van der Waals surface area contributed by atoms with Crippen molar-refractivity contribution in [3.05, 3.63) is 18.7 Å². The van der Waals surface area contributed by atoms with Gasteiger partial charge in [-0.1, -0.05) is 13.8 Å². The zero-order valence-corrected chi connectivity index (χ0v) is 14.6. The maximum absolute atomic E-state index is 12.1. The van der Waals surface area contributed by atoms with Crippen molar-refractivity contribution in [2.24, 2.45) is 0 Å². The molecule has 1 rings (SSSR count). The molecule has 1 heterocycles. The summed E-state index contributed by atoms with van der Waals surface area (Å²) in [7, 11) is 0. The quantitative estimate of drug-likeness (QED) is 0.679. The third-order valence-corrected chi connectivity index (χ3v) is 3.59. The van der Waals surface area contributed by atoms with Crippen LogP contribution in [0.3, 0.4) is 0 Å². The van der Waals surface area contributed by atoms with E-state index < -0.39 is 0 Å². The van der Waals surface area contributed by atoms with E-state index in [1.54, 1.807) is 12.5 Å². The number of nitrogens with one attached hydrogen (secondary N) is 1. The predicted octanol–water partition coefficient (Wildman–Crippen LogP) is 2.21. The largest absolute Gasteiger partial charge is 0.352 e. The molecule has 0 saturated heterocycles. The molecule has 0 aliphatic rings. The Balaban J connectivity index is 2.23. The van der Waals surface area contributed by atoms with Crippen molar-refractivity contribution < 1.29 is 9.59 Å². The first-order valence-electron chi connectivity index (χ1n) is 8.59. The summed E-state index contributed by atoms with van der Waals surface area (Å²) in [4.78, 5) is 29.9. The highest BCUT2D eigenvalue weighted by molar-refractivity contribution is 5.79. The normalized spacial score (nSPS) is 12.0. The topological polar surface area (TPSA) is 67.2 Å². The van der Waals surface area contributed by atoms with Crippen LogP contribution in [-0.2, 0) is 16.1 Å². The number of hydrogen-bond acceptors (Lipinski definition) is 3. The zero-order valence-electron chi connectivity index (χ0n) is 14.6. The molecule has 1 unspecified atom stereocenters. The average Bonchev–Trinajstić information content (AvgIpc) is 2.99. The Labute approximate surface area is 139 Å². The van der Waals surface area contributed by atoms with Crippen molar-refractivity contribution in [2.45, 2.75) is 65.5 Å². The number of imidazole rings is 1. The SMILES string of the molecule is CCCN(CCC)C(=O)CCCC(=O)NC(C)Cn1ccnc1. The monoisotopic (exact) mass is 322 g/mol. The van der Waals surface area contributed by atoms with Crippen LogP contribution in [0.25, 0.3) is 0 Å². The molecule has 0 aliphatic heterocycles. The zero-order chi connectivity index (χ0) is 17.1. The summed E-state index contributed by atoms with van der Waals surface area (Å²) in [5.41, 5.74) is 0. The van der Waals surface area contributed by atoms with Crippen molar-refractivity contribution in [1.82, 2.24) is 19.8 Å². The number of nitrogens with zero attached hydrogens (tertiary/aromatic N) is 3. The van der Waals surface area contributed by atoms with E-state index in [-0.39, 0.29) is 17.9 Å². The second kappa shape index (κ2) is 10.8. The van der Waals surface area contributed by atoms with Crippen LogP contribution < -0.4 is 5.32 Å². The van der Waals surface area contributed by atoms with Gasteiger partial charge in [0.15, 0.2) is 0 Å². The second-order valence-electron chi connectivity index (χ2n) is 5.96. The summed E-state index contributed by atoms with van der Waals surface area (Å²) in [6, 6.07) is 0.0454. The van der Waals surface area contributed by atoms with Gasteiger partial charge in [0.25, 0.3) is 0 Å². The molecule has 1 atom stereocenters. The third kappa shape index (κ3) is 7.81. The van der Waals surface area contributed by atoms with Gasteiger partial charge in [0.2, 0.25) is 11.8 Å². The molecule has 6 heteroatoms. The highest BCUT2D eigenvalue weighted by Gasteiger charge is 2.13. The number of hydrogen-bond donors (Lipinski definition) is 1. The van der Waals surface area contributed by atoms with Crippen LogP contribution in [0.1, 0.15) is 52.9 Å². The van der Waals surface area contributed by atoms with Gasteiger partial charge in [-0.2, -0.15) is 0 Å². The summed E-state index contributed by atoms with van der Waals surface area (Å²) in [6.45, 7) is 8.43. The lowest BCUT2D eigenvalue weighted by Crippen LogP contribution is -2.36. The number of rotatable bonds is 11. The van der Waals surface area contributed by atoms with E-state index in [0.29, 0.717) is 25.8 Å². The molecule has 2 amide bonds. The Morgan fingerprint density at radius 2 is 1.91 bits per heavy atom. The Kier molecular flexibility index (Phi) is 9.02. The Hall–Kier alpha value is -1.85. The summed E-state index contributed by atoms with van der Waals surface area (Å²) in [6.07, 6.45) is 8.71. The lowest BCUT2D eigenvalue weighted by Gasteiger charge is -2.21. The van der Waals surface area contributed by atoms with Gasteiger partial charge >= 0.3 is 0 Å². The van der Waals surface area contributed by atoms with Crippen molar-refractivity contribution in [2.75, 3.05) is 13.1 Å². The maximum Gasteiger partial charge on any atom is 0.222 e. The standard InChI is InChI=1S/C17H30N4O2/c1-4-10-21(11-5-2)17(23)8-6-7-16(22)19-15(3)13-20-12-9-18-14-20/h9,12,14-15H,4-8,10-11,13H2,1-3H3,(H,19,22). The van der Waals surface area contributed by atoms with Gasteiger partial charge in [0, 0.05) is 50.9 Å². The first-order valence-corrected chi connectivity index (χ1v) is 8.59. The van der Waals surface area contributed by atoms with Gasteiger partial charge in [-0.3, -0.25) is 9.59 Å². The van der Waals surface area contributed by atoms with Crippen LogP contribution in [-0.4, -0.2) is 45.4 Å². The van der Waals surface area contributed by atoms with Crippen molar-refractivity contribution >= 4 is 11.8 Å². The highest BCUT2D eigenvalue weighted by atomic mass is 16.2. The predicted molar refractivity (Wildman–Crippen MR) is 90.8 cm³/mol. The number of amides is 2. The molecular formula is C17H30N4O2. The third-order valence-electron chi connectivity index (χ3n) is 3.59. The van der Waals surface area contributed by atoms with Gasteiger partial charge < -0.3 is 14.8 Å². The van der Waals surface area contributed by atoms with Gasteiger partial charge in [0.05, 0.1) is 6.33 Å². The molecule has 23 heavy (non-hydrogen) atoms. The van der Waals surface area contributed by atoms with Crippen LogP contribution >= 0.6 is 0 Å². The average molecular weight is 322 g/mol. The van der Waals surface area contributed by atoms with Crippen LogP contribution in [0, 0.1) is 0 Å². The molecule has 0 fully saturated rings. The van der Waals surface area contributed by atoms with E-state index in [0.717, 1.165) is 25.9 Å². The lowest BCUT2D eigenvalue weighted by atomic mass is 10.2. The second-order valence-corrected chi connectivity index (χ2v) is 5.96. The van der Waals surface area contributed by atoms with Crippen LogP contribution in [0.5, 0.6) is 0 Å². The minimum Gasteiger partial charge on any atom is -0.352 e. The molecule has 6 nitrogen and oxygen atoms in total. The fourth-order valence-electron chi connectivity index (χ4n) is 2.56. The Morgan fingerprint density at radius 3 is 2.48 bits per heavy atom. The van der Waals surface area contributed by atoms with Crippen molar-refractivity contribution in [3.63, 3.8) is 0 Å². The van der Waals surface area contributed by atoms with Crippen LogP contribution in [0.2, 0.25) is 0 Å². The molecule has 1 aromatic heterocycles. The fourth-order valence-corrected chi connectivity index (χ4v) is 2.56. The molecule has 1 N–H and O–H groups in total. The highest BCUT2D eigenvalue weighted by Crippen LogP contribution is 2.04. The summed E-state index contributed by atoms with van der Waals surface area (Å²) in [5.74, 6) is 0.163. The number of aromatic nitrogens is 2. The molecule has 0 saturated carbocycles. The van der Waals surface area contributed by atoms with Crippen molar-refractivity contribution in [1.29, 1.82) is 0 Å². The summed E-state index contributed by atoms with van der Waals surface area (Å²) < 4.78 is 1.93. The minimum absolute atomic E-state index is 0.00273. The van der Waals surface area contributed by atoms with Gasteiger partial charge in [-0.25, -0.2) is 4.98 Å². The molecule has 0 bridgehead atoms. The van der Waals surface area contributed by atoms with Gasteiger partial charge in [0.1, 0.15) is 0 Å². The van der Waals surface area contributed by atoms with E-state index in [4.69, 9.17) is 0 Å².